The average molecular weight is 430 g/mol. The number of carbonyl (C=O) groups excluding carboxylic acids is 1. The average Bonchev–Trinajstić information content (AvgIpc) is 3.40. The third-order valence-corrected chi connectivity index (χ3v) is 5.60. The first-order chi connectivity index (χ1) is 13.6. The Morgan fingerprint density at radius 2 is 1.68 bits per heavy atom. The second kappa shape index (κ2) is 7.80. The van der Waals surface area contributed by atoms with Crippen LogP contribution in [0.5, 0.6) is 0 Å². The number of rotatable bonds is 4. The number of halogens is 2. The van der Waals surface area contributed by atoms with Crippen molar-refractivity contribution in [2.75, 3.05) is 7.11 Å². The Labute approximate surface area is 175 Å². The summed E-state index contributed by atoms with van der Waals surface area (Å²) in [5, 5.41) is 4.88. The zero-order chi connectivity index (χ0) is 19.7. The number of thiophene rings is 1. The van der Waals surface area contributed by atoms with Crippen molar-refractivity contribution in [1.29, 1.82) is 0 Å². The molecule has 4 aromatic rings. The van der Waals surface area contributed by atoms with Crippen LogP contribution in [0.3, 0.4) is 0 Å². The molecule has 4 nitrogen and oxygen atoms in total. The molecule has 7 heteroatoms. The Bertz CT molecular complexity index is 1140. The summed E-state index contributed by atoms with van der Waals surface area (Å²) < 4.78 is 10.8. The van der Waals surface area contributed by atoms with Gasteiger partial charge < -0.3 is 9.15 Å². The lowest BCUT2D eigenvalue weighted by atomic mass is 10.1. The molecule has 0 N–H and O–H groups in total. The number of benzene rings is 2. The van der Waals surface area contributed by atoms with E-state index < -0.39 is 5.97 Å². The van der Waals surface area contributed by atoms with Gasteiger partial charge >= 0.3 is 5.97 Å². The van der Waals surface area contributed by atoms with E-state index in [1.807, 2.05) is 29.6 Å². The minimum atomic E-state index is -0.592. The van der Waals surface area contributed by atoms with Crippen molar-refractivity contribution >= 4 is 40.5 Å². The molecule has 0 radical (unpaired) electrons. The zero-order valence-corrected chi connectivity index (χ0v) is 16.9. The highest BCUT2D eigenvalue weighted by molar-refractivity contribution is 7.08. The molecule has 28 heavy (non-hydrogen) atoms. The number of methoxy groups -OCH3 is 1. The Hall–Kier alpha value is -2.60. The van der Waals surface area contributed by atoms with Crippen LogP contribution in [0.25, 0.3) is 33.9 Å². The van der Waals surface area contributed by atoms with Crippen LogP contribution in [-0.4, -0.2) is 18.1 Å². The SMILES string of the molecule is COC(=O)c1nc(-c2ccc(-c3ccsc3)cc2)oc1-c1ccc(Cl)c(Cl)c1. The quantitative estimate of drug-likeness (QED) is 0.333. The van der Waals surface area contributed by atoms with Gasteiger partial charge in [-0.3, -0.25) is 0 Å². The van der Waals surface area contributed by atoms with E-state index in [0.29, 0.717) is 21.5 Å². The largest absolute Gasteiger partial charge is 0.464 e. The molecule has 0 spiro atoms. The first-order valence-corrected chi connectivity index (χ1v) is 9.94. The van der Waals surface area contributed by atoms with Crippen LogP contribution in [0.15, 0.2) is 63.7 Å². The van der Waals surface area contributed by atoms with Gasteiger partial charge in [-0.05, 0) is 58.3 Å². The molecule has 0 amide bonds. The number of hydrogen-bond donors (Lipinski definition) is 0. The molecule has 0 aliphatic rings. The van der Waals surface area contributed by atoms with Gasteiger partial charge in [-0.2, -0.15) is 11.3 Å². The molecule has 2 aromatic carbocycles. The lowest BCUT2D eigenvalue weighted by molar-refractivity contribution is 0.0595. The van der Waals surface area contributed by atoms with E-state index >= 15 is 0 Å². The van der Waals surface area contributed by atoms with Gasteiger partial charge in [0, 0.05) is 11.1 Å². The number of aromatic nitrogens is 1. The summed E-state index contributed by atoms with van der Waals surface area (Å²) in [6, 6.07) is 14.8. The topological polar surface area (TPSA) is 52.3 Å². The van der Waals surface area contributed by atoms with E-state index in [-0.39, 0.29) is 11.5 Å². The number of hydrogen-bond acceptors (Lipinski definition) is 5. The standard InChI is InChI=1S/C21H13Cl2NO3S/c1-26-21(25)18-19(14-6-7-16(22)17(23)10-14)27-20(24-18)13-4-2-12(3-5-13)15-8-9-28-11-15/h2-11H,1H3. The van der Waals surface area contributed by atoms with Gasteiger partial charge in [0.15, 0.2) is 11.5 Å². The van der Waals surface area contributed by atoms with E-state index in [2.05, 4.69) is 16.4 Å². The van der Waals surface area contributed by atoms with Crippen LogP contribution in [-0.2, 0) is 4.74 Å². The predicted octanol–water partition coefficient (Wildman–Crippen LogP) is 6.83. The van der Waals surface area contributed by atoms with Crippen molar-refractivity contribution in [2.24, 2.45) is 0 Å². The Kier molecular flexibility index (Phi) is 5.22. The summed E-state index contributed by atoms with van der Waals surface area (Å²) in [7, 11) is 1.30. The summed E-state index contributed by atoms with van der Waals surface area (Å²) in [6.45, 7) is 0. The van der Waals surface area contributed by atoms with E-state index in [4.69, 9.17) is 32.4 Å². The van der Waals surface area contributed by atoms with Gasteiger partial charge in [0.25, 0.3) is 0 Å². The van der Waals surface area contributed by atoms with Gasteiger partial charge in [-0.15, -0.1) is 0 Å². The van der Waals surface area contributed by atoms with Crippen molar-refractivity contribution in [3.63, 3.8) is 0 Å². The predicted molar refractivity (Wildman–Crippen MR) is 112 cm³/mol. The molecule has 0 aliphatic heterocycles. The molecular weight excluding hydrogens is 417 g/mol. The Balaban J connectivity index is 1.77. The molecule has 0 bridgehead atoms. The van der Waals surface area contributed by atoms with Gasteiger partial charge in [-0.1, -0.05) is 35.3 Å². The third-order valence-electron chi connectivity index (χ3n) is 4.17. The molecule has 2 aromatic heterocycles. The van der Waals surface area contributed by atoms with Crippen LogP contribution < -0.4 is 0 Å². The first kappa shape index (κ1) is 18.7. The highest BCUT2D eigenvalue weighted by atomic mass is 35.5. The monoisotopic (exact) mass is 429 g/mol. The highest BCUT2D eigenvalue weighted by Crippen LogP contribution is 2.34. The van der Waals surface area contributed by atoms with Crippen molar-refractivity contribution in [3.05, 3.63) is 75.0 Å². The van der Waals surface area contributed by atoms with Crippen LogP contribution in [0.1, 0.15) is 10.5 Å². The summed E-state index contributed by atoms with van der Waals surface area (Å²) in [4.78, 5) is 16.6. The second-order valence-electron chi connectivity index (χ2n) is 5.91. The number of ether oxygens (including phenoxy) is 1. The molecule has 140 valence electrons. The molecular formula is C21H13Cl2NO3S. The fraction of sp³-hybridized carbons (Fsp3) is 0.0476. The van der Waals surface area contributed by atoms with Crippen LogP contribution in [0.2, 0.25) is 10.0 Å². The van der Waals surface area contributed by atoms with Crippen LogP contribution in [0, 0.1) is 0 Å². The van der Waals surface area contributed by atoms with E-state index in [1.165, 1.54) is 7.11 Å². The van der Waals surface area contributed by atoms with E-state index in [9.17, 15) is 4.79 Å². The Morgan fingerprint density at radius 3 is 2.32 bits per heavy atom. The number of oxazole rings is 1. The van der Waals surface area contributed by atoms with Crippen LogP contribution >= 0.6 is 34.5 Å². The van der Waals surface area contributed by atoms with Crippen molar-refractivity contribution in [1.82, 2.24) is 4.98 Å². The molecule has 0 aliphatic carbocycles. The maximum absolute atomic E-state index is 12.2. The van der Waals surface area contributed by atoms with Gasteiger partial charge in [0.2, 0.25) is 5.89 Å². The molecule has 0 saturated carbocycles. The van der Waals surface area contributed by atoms with Crippen molar-refractivity contribution in [2.45, 2.75) is 0 Å². The fourth-order valence-electron chi connectivity index (χ4n) is 2.75. The lowest BCUT2D eigenvalue weighted by Crippen LogP contribution is -2.03. The summed E-state index contributed by atoms with van der Waals surface area (Å²) >= 11 is 13.7. The normalized spacial score (nSPS) is 10.8. The third kappa shape index (κ3) is 3.56. The molecule has 0 fully saturated rings. The van der Waals surface area contributed by atoms with Crippen molar-refractivity contribution in [3.8, 4) is 33.9 Å². The van der Waals surface area contributed by atoms with Crippen molar-refractivity contribution < 1.29 is 13.9 Å². The van der Waals surface area contributed by atoms with Crippen LogP contribution in [0.4, 0.5) is 0 Å². The lowest BCUT2D eigenvalue weighted by Gasteiger charge is -2.02. The van der Waals surface area contributed by atoms with E-state index in [1.54, 1.807) is 29.5 Å². The minimum Gasteiger partial charge on any atom is -0.464 e. The summed E-state index contributed by atoms with van der Waals surface area (Å²) in [6.07, 6.45) is 0. The summed E-state index contributed by atoms with van der Waals surface area (Å²) in [5.41, 5.74) is 3.65. The number of esters is 1. The fourth-order valence-corrected chi connectivity index (χ4v) is 3.71. The number of nitrogens with zero attached hydrogens (tertiary/aromatic N) is 1. The van der Waals surface area contributed by atoms with E-state index in [0.717, 1.165) is 16.7 Å². The zero-order valence-electron chi connectivity index (χ0n) is 14.6. The highest BCUT2D eigenvalue weighted by Gasteiger charge is 2.23. The number of carbonyl (C=O) groups is 1. The maximum Gasteiger partial charge on any atom is 0.360 e. The summed E-state index contributed by atoms with van der Waals surface area (Å²) in [5.74, 6) is 0.00614. The second-order valence-corrected chi connectivity index (χ2v) is 7.50. The minimum absolute atomic E-state index is 0.0813. The smallest absolute Gasteiger partial charge is 0.360 e. The molecule has 0 atom stereocenters. The molecule has 0 saturated heterocycles. The molecule has 4 rings (SSSR count). The Morgan fingerprint density at radius 1 is 0.964 bits per heavy atom. The first-order valence-electron chi connectivity index (χ1n) is 8.24. The molecule has 2 heterocycles. The van der Waals surface area contributed by atoms with Gasteiger partial charge in [-0.25, -0.2) is 9.78 Å². The molecule has 0 unspecified atom stereocenters. The maximum atomic E-state index is 12.2. The van der Waals surface area contributed by atoms with Gasteiger partial charge in [0.05, 0.1) is 17.2 Å². The van der Waals surface area contributed by atoms with Gasteiger partial charge in [0.1, 0.15) is 0 Å².